The van der Waals surface area contributed by atoms with Crippen molar-refractivity contribution in [2.75, 3.05) is 7.05 Å². The summed E-state index contributed by atoms with van der Waals surface area (Å²) in [5.74, 6) is 5.10. The maximum Gasteiger partial charge on any atom is 0.0278 e. The third-order valence-electron chi connectivity index (χ3n) is 5.30. The van der Waals surface area contributed by atoms with E-state index in [-0.39, 0.29) is 0 Å². The van der Waals surface area contributed by atoms with Gasteiger partial charge in [-0.25, -0.2) is 0 Å². The highest BCUT2D eigenvalue weighted by Gasteiger charge is 2.49. The lowest BCUT2D eigenvalue weighted by molar-refractivity contribution is -0.0444. The quantitative estimate of drug-likeness (QED) is 0.699. The third kappa shape index (κ3) is 1.47. The van der Waals surface area contributed by atoms with E-state index in [1.807, 2.05) is 0 Å². The Morgan fingerprint density at radius 3 is 2.00 bits per heavy atom. The fourth-order valence-electron chi connectivity index (χ4n) is 5.02. The minimum Gasteiger partial charge on any atom is -0.313 e. The molecular weight excluding hydrogens is 182 g/mol. The first-order valence-corrected chi connectivity index (χ1v) is 6.61. The van der Waals surface area contributed by atoms with E-state index in [4.69, 9.17) is 0 Å². The van der Waals surface area contributed by atoms with Crippen LogP contribution in [-0.2, 0) is 0 Å². The van der Waals surface area contributed by atoms with Gasteiger partial charge in [-0.1, -0.05) is 6.08 Å². The number of rotatable bonds is 3. The molecule has 1 atom stereocenters. The van der Waals surface area contributed by atoms with Crippen molar-refractivity contribution >= 4 is 0 Å². The average molecular weight is 205 g/mol. The monoisotopic (exact) mass is 205 g/mol. The maximum atomic E-state index is 4.00. The van der Waals surface area contributed by atoms with E-state index in [0.717, 1.165) is 29.6 Å². The van der Waals surface area contributed by atoms with E-state index in [2.05, 4.69) is 25.0 Å². The molecule has 4 rings (SSSR count). The normalized spacial score (nSPS) is 49.3. The summed E-state index contributed by atoms with van der Waals surface area (Å²) in [6.45, 7) is 4.00. The van der Waals surface area contributed by atoms with Crippen LogP contribution in [0.25, 0.3) is 0 Å². The van der Waals surface area contributed by atoms with E-state index in [9.17, 15) is 0 Å². The topological polar surface area (TPSA) is 12.0 Å². The Morgan fingerprint density at radius 1 is 1.07 bits per heavy atom. The Balaban J connectivity index is 1.82. The van der Waals surface area contributed by atoms with Crippen LogP contribution in [0.2, 0.25) is 0 Å². The molecule has 0 aliphatic heterocycles. The molecule has 4 saturated carbocycles. The molecule has 4 bridgehead atoms. The van der Waals surface area contributed by atoms with Gasteiger partial charge in [-0.15, -0.1) is 6.58 Å². The second-order valence-electron chi connectivity index (χ2n) is 6.06. The van der Waals surface area contributed by atoms with Crippen molar-refractivity contribution in [3.05, 3.63) is 12.7 Å². The molecule has 1 heteroatoms. The van der Waals surface area contributed by atoms with Crippen molar-refractivity contribution in [1.29, 1.82) is 0 Å². The van der Waals surface area contributed by atoms with Crippen molar-refractivity contribution < 1.29 is 0 Å². The van der Waals surface area contributed by atoms with Crippen LogP contribution >= 0.6 is 0 Å². The zero-order valence-corrected chi connectivity index (χ0v) is 9.78. The Labute approximate surface area is 93.3 Å². The molecule has 84 valence electrons. The van der Waals surface area contributed by atoms with Gasteiger partial charge in [-0.2, -0.15) is 0 Å². The first kappa shape index (κ1) is 9.89. The summed E-state index contributed by atoms with van der Waals surface area (Å²) in [4.78, 5) is 0. The number of likely N-dealkylation sites (N-methyl/N-ethyl adjacent to an activating group) is 1. The van der Waals surface area contributed by atoms with Crippen molar-refractivity contribution in [3.63, 3.8) is 0 Å². The van der Waals surface area contributed by atoms with Crippen molar-refractivity contribution in [3.8, 4) is 0 Å². The van der Waals surface area contributed by atoms with Gasteiger partial charge in [0.15, 0.2) is 0 Å². The fraction of sp³-hybridized carbons (Fsp3) is 0.857. The molecule has 0 aromatic heterocycles. The summed E-state index contributed by atoms with van der Waals surface area (Å²) >= 11 is 0. The summed E-state index contributed by atoms with van der Waals surface area (Å²) in [6.07, 6.45) is 9.77. The van der Waals surface area contributed by atoms with Gasteiger partial charge in [0.05, 0.1) is 0 Å². The van der Waals surface area contributed by atoms with Crippen LogP contribution < -0.4 is 5.32 Å². The average Bonchev–Trinajstić information content (AvgIpc) is 2.22. The summed E-state index contributed by atoms with van der Waals surface area (Å²) in [5, 5.41) is 3.46. The molecule has 1 N–H and O–H groups in total. The summed E-state index contributed by atoms with van der Waals surface area (Å²) < 4.78 is 0. The Morgan fingerprint density at radius 2 is 1.60 bits per heavy atom. The highest BCUT2D eigenvalue weighted by atomic mass is 14.9. The van der Waals surface area contributed by atoms with Gasteiger partial charge in [0.1, 0.15) is 0 Å². The Bertz CT molecular complexity index is 230. The van der Waals surface area contributed by atoms with Crippen LogP contribution in [0.5, 0.6) is 0 Å². The summed E-state index contributed by atoms with van der Waals surface area (Å²) in [6, 6.07) is 0.569. The fourth-order valence-corrected chi connectivity index (χ4v) is 5.02. The highest BCUT2D eigenvalue weighted by Crippen LogP contribution is 2.57. The molecule has 0 heterocycles. The van der Waals surface area contributed by atoms with Crippen LogP contribution in [0.15, 0.2) is 12.7 Å². The van der Waals surface area contributed by atoms with Crippen LogP contribution in [0.1, 0.15) is 32.1 Å². The molecule has 0 amide bonds. The van der Waals surface area contributed by atoms with E-state index in [1.165, 1.54) is 25.7 Å². The second-order valence-corrected chi connectivity index (χ2v) is 6.06. The Hall–Kier alpha value is -0.300. The lowest BCUT2D eigenvalue weighted by Gasteiger charge is -2.56. The molecule has 0 aromatic rings. The maximum absolute atomic E-state index is 4.00. The lowest BCUT2D eigenvalue weighted by Crippen LogP contribution is -2.51. The second kappa shape index (κ2) is 3.62. The minimum absolute atomic E-state index is 0.569. The Kier molecular flexibility index (Phi) is 2.39. The molecule has 4 aliphatic rings. The smallest absolute Gasteiger partial charge is 0.0278 e. The summed E-state index contributed by atoms with van der Waals surface area (Å²) in [5.41, 5.74) is 0. The van der Waals surface area contributed by atoms with Crippen LogP contribution in [0.4, 0.5) is 0 Å². The first-order valence-electron chi connectivity index (χ1n) is 6.61. The van der Waals surface area contributed by atoms with Crippen molar-refractivity contribution in [2.45, 2.75) is 38.1 Å². The van der Waals surface area contributed by atoms with E-state index in [0.29, 0.717) is 6.04 Å². The zero-order valence-electron chi connectivity index (χ0n) is 9.78. The van der Waals surface area contributed by atoms with Crippen LogP contribution in [0, 0.1) is 29.6 Å². The van der Waals surface area contributed by atoms with Crippen molar-refractivity contribution in [1.82, 2.24) is 5.32 Å². The largest absolute Gasteiger partial charge is 0.313 e. The molecule has 1 unspecified atom stereocenters. The molecule has 15 heavy (non-hydrogen) atoms. The first-order chi connectivity index (χ1) is 7.31. The van der Waals surface area contributed by atoms with E-state index < -0.39 is 0 Å². The van der Waals surface area contributed by atoms with Crippen LogP contribution in [-0.4, -0.2) is 13.1 Å². The SMILES string of the molecule is C=CC(NC)C1C2CC3CC(C2)CC1C3. The third-order valence-corrected chi connectivity index (χ3v) is 5.30. The zero-order chi connectivity index (χ0) is 10.4. The van der Waals surface area contributed by atoms with E-state index in [1.54, 1.807) is 6.42 Å². The molecule has 0 aromatic carbocycles. The van der Waals surface area contributed by atoms with Gasteiger partial charge in [0.2, 0.25) is 0 Å². The van der Waals surface area contributed by atoms with Gasteiger partial charge in [0.25, 0.3) is 0 Å². The molecule has 4 aliphatic carbocycles. The van der Waals surface area contributed by atoms with Crippen LogP contribution in [0.3, 0.4) is 0 Å². The lowest BCUT2D eigenvalue weighted by atomic mass is 9.50. The van der Waals surface area contributed by atoms with Crippen molar-refractivity contribution in [2.24, 2.45) is 29.6 Å². The van der Waals surface area contributed by atoms with Gasteiger partial charge < -0.3 is 5.32 Å². The van der Waals surface area contributed by atoms with Gasteiger partial charge in [0, 0.05) is 6.04 Å². The number of hydrogen-bond acceptors (Lipinski definition) is 1. The number of nitrogens with one attached hydrogen (secondary N) is 1. The molecule has 1 nitrogen and oxygen atoms in total. The molecule has 4 fully saturated rings. The minimum atomic E-state index is 0.569. The number of hydrogen-bond donors (Lipinski definition) is 1. The summed E-state index contributed by atoms with van der Waals surface area (Å²) in [7, 11) is 2.09. The van der Waals surface area contributed by atoms with Gasteiger partial charge in [-0.3, -0.25) is 0 Å². The molecule has 0 saturated heterocycles. The standard InChI is InChI=1S/C14H23N/c1-3-13(15-2)14-11-5-9-4-10(7-11)8-12(14)6-9/h3,9-15H,1,4-8H2,2H3. The van der Waals surface area contributed by atoms with Gasteiger partial charge in [-0.05, 0) is 68.7 Å². The van der Waals surface area contributed by atoms with Gasteiger partial charge >= 0.3 is 0 Å². The van der Waals surface area contributed by atoms with E-state index >= 15 is 0 Å². The molecule has 0 spiro atoms. The highest BCUT2D eigenvalue weighted by molar-refractivity contribution is 5.05. The molecule has 0 radical (unpaired) electrons. The predicted octanol–water partition coefficient (Wildman–Crippen LogP) is 2.83. The molecular formula is C14H23N. The predicted molar refractivity (Wildman–Crippen MR) is 63.6 cm³/mol.